The fourth-order valence-electron chi connectivity index (χ4n) is 2.58. The molecule has 1 aliphatic rings. The third-order valence-electron chi connectivity index (χ3n) is 3.74. The van der Waals surface area contributed by atoms with Crippen molar-refractivity contribution in [2.24, 2.45) is 0 Å². The van der Waals surface area contributed by atoms with Crippen molar-refractivity contribution in [1.82, 2.24) is 10.2 Å². The van der Waals surface area contributed by atoms with Gasteiger partial charge < -0.3 is 19.7 Å². The number of ether oxygens (including phenoxy) is 2. The van der Waals surface area contributed by atoms with Crippen LogP contribution in [-0.2, 0) is 0 Å². The minimum Gasteiger partial charge on any atom is -0.490 e. The number of para-hydroxylation sites is 2. The smallest absolute Gasteiger partial charge is 0.161 e. The number of likely N-dealkylation sites (N-methyl/N-ethyl adjacent to an activating group) is 1. The van der Waals surface area contributed by atoms with Crippen molar-refractivity contribution in [2.75, 3.05) is 39.9 Å². The van der Waals surface area contributed by atoms with E-state index in [0.29, 0.717) is 19.3 Å². The van der Waals surface area contributed by atoms with E-state index in [-0.39, 0.29) is 0 Å². The Bertz CT molecular complexity index is 398. The summed E-state index contributed by atoms with van der Waals surface area (Å²) in [7, 11) is 2.20. The van der Waals surface area contributed by atoms with E-state index in [4.69, 9.17) is 9.47 Å². The molecule has 0 aromatic heterocycles. The highest BCUT2D eigenvalue weighted by Crippen LogP contribution is 2.26. The second-order valence-corrected chi connectivity index (χ2v) is 5.21. The zero-order valence-electron chi connectivity index (χ0n) is 12.6. The van der Waals surface area contributed by atoms with Crippen molar-refractivity contribution in [1.29, 1.82) is 0 Å². The Balaban J connectivity index is 1.65. The number of likely N-dealkylation sites (tertiary alicyclic amines) is 1. The first kappa shape index (κ1) is 15.1. The van der Waals surface area contributed by atoms with Crippen LogP contribution in [0.15, 0.2) is 24.3 Å². The van der Waals surface area contributed by atoms with Crippen LogP contribution in [-0.4, -0.2) is 50.8 Å². The second kappa shape index (κ2) is 8.12. The van der Waals surface area contributed by atoms with Crippen LogP contribution >= 0.6 is 0 Å². The average Bonchev–Trinajstić information content (AvgIpc) is 2.86. The molecule has 4 nitrogen and oxygen atoms in total. The van der Waals surface area contributed by atoms with E-state index in [2.05, 4.69) is 17.3 Å². The molecule has 1 aromatic carbocycles. The van der Waals surface area contributed by atoms with Crippen molar-refractivity contribution >= 4 is 0 Å². The molecule has 1 aliphatic heterocycles. The predicted molar refractivity (Wildman–Crippen MR) is 81.6 cm³/mol. The molecule has 0 bridgehead atoms. The van der Waals surface area contributed by atoms with E-state index in [9.17, 15) is 0 Å². The van der Waals surface area contributed by atoms with Crippen LogP contribution in [0, 0.1) is 0 Å². The molecular weight excluding hydrogens is 252 g/mol. The Morgan fingerprint density at radius 1 is 1.25 bits per heavy atom. The Morgan fingerprint density at radius 3 is 2.65 bits per heavy atom. The van der Waals surface area contributed by atoms with Gasteiger partial charge in [0.05, 0.1) is 6.61 Å². The highest BCUT2D eigenvalue weighted by atomic mass is 16.5. The fraction of sp³-hybridized carbons (Fsp3) is 0.625. The summed E-state index contributed by atoms with van der Waals surface area (Å²) in [6.07, 6.45) is 2.62. The predicted octanol–water partition coefficient (Wildman–Crippen LogP) is 2.15. The zero-order chi connectivity index (χ0) is 14.2. The lowest BCUT2D eigenvalue weighted by molar-refractivity contribution is 0.264. The number of rotatable bonds is 8. The van der Waals surface area contributed by atoms with Crippen LogP contribution in [0.2, 0.25) is 0 Å². The highest BCUT2D eigenvalue weighted by Gasteiger charge is 2.19. The van der Waals surface area contributed by atoms with Crippen LogP contribution in [0.1, 0.15) is 19.8 Å². The van der Waals surface area contributed by atoms with Gasteiger partial charge in [0, 0.05) is 19.1 Å². The molecule has 1 unspecified atom stereocenters. The van der Waals surface area contributed by atoms with Crippen molar-refractivity contribution in [3.05, 3.63) is 24.3 Å². The van der Waals surface area contributed by atoms with Crippen LogP contribution in [0.4, 0.5) is 0 Å². The summed E-state index contributed by atoms with van der Waals surface area (Å²) in [5.41, 5.74) is 0. The molecule has 1 aromatic rings. The first-order valence-corrected chi connectivity index (χ1v) is 7.57. The number of nitrogens with zero attached hydrogens (tertiary/aromatic N) is 1. The van der Waals surface area contributed by atoms with Gasteiger partial charge in [0.1, 0.15) is 6.61 Å². The first-order valence-electron chi connectivity index (χ1n) is 7.57. The second-order valence-electron chi connectivity index (χ2n) is 5.21. The summed E-state index contributed by atoms with van der Waals surface area (Å²) in [6, 6.07) is 8.52. The third kappa shape index (κ3) is 4.39. The molecule has 1 fully saturated rings. The number of benzene rings is 1. The molecule has 4 heteroatoms. The van der Waals surface area contributed by atoms with E-state index in [1.807, 2.05) is 31.2 Å². The van der Waals surface area contributed by atoms with Gasteiger partial charge in [-0.15, -0.1) is 0 Å². The summed E-state index contributed by atoms with van der Waals surface area (Å²) >= 11 is 0. The van der Waals surface area contributed by atoms with Gasteiger partial charge in [-0.25, -0.2) is 0 Å². The van der Waals surface area contributed by atoms with Crippen molar-refractivity contribution in [2.45, 2.75) is 25.8 Å². The molecule has 0 radical (unpaired) electrons. The van der Waals surface area contributed by atoms with Crippen molar-refractivity contribution in [3.63, 3.8) is 0 Å². The minimum atomic E-state index is 0.659. The number of nitrogens with one attached hydrogen (secondary N) is 1. The molecule has 1 saturated heterocycles. The molecule has 20 heavy (non-hydrogen) atoms. The van der Waals surface area contributed by atoms with E-state index in [0.717, 1.165) is 24.6 Å². The Kier molecular flexibility index (Phi) is 6.15. The van der Waals surface area contributed by atoms with E-state index < -0.39 is 0 Å². The van der Waals surface area contributed by atoms with Crippen molar-refractivity contribution < 1.29 is 9.47 Å². The van der Waals surface area contributed by atoms with E-state index in [1.54, 1.807) is 0 Å². The Labute approximate surface area is 122 Å². The first-order chi connectivity index (χ1) is 9.81. The van der Waals surface area contributed by atoms with Crippen LogP contribution in [0.5, 0.6) is 11.5 Å². The summed E-state index contributed by atoms with van der Waals surface area (Å²) in [4.78, 5) is 2.43. The van der Waals surface area contributed by atoms with E-state index >= 15 is 0 Å². The zero-order valence-corrected chi connectivity index (χ0v) is 12.6. The monoisotopic (exact) mass is 278 g/mol. The van der Waals surface area contributed by atoms with Gasteiger partial charge in [0.25, 0.3) is 0 Å². The van der Waals surface area contributed by atoms with Gasteiger partial charge in [-0.2, -0.15) is 0 Å². The SMILES string of the molecule is CCOc1ccccc1OCCNCC1CCCN1C. The standard InChI is InChI=1S/C16H26N2O2/c1-3-19-15-8-4-5-9-16(15)20-12-10-17-13-14-7-6-11-18(14)2/h4-5,8-9,14,17H,3,6-7,10-13H2,1-2H3. The van der Waals surface area contributed by atoms with Crippen LogP contribution < -0.4 is 14.8 Å². The molecule has 0 amide bonds. The van der Waals surface area contributed by atoms with Gasteiger partial charge in [0.2, 0.25) is 0 Å². The quantitative estimate of drug-likeness (QED) is 0.739. The fourth-order valence-corrected chi connectivity index (χ4v) is 2.58. The maximum absolute atomic E-state index is 5.78. The Morgan fingerprint density at radius 2 is 2.00 bits per heavy atom. The minimum absolute atomic E-state index is 0.659. The summed E-state index contributed by atoms with van der Waals surface area (Å²) < 4.78 is 11.3. The average molecular weight is 278 g/mol. The van der Waals surface area contributed by atoms with Gasteiger partial charge in [-0.05, 0) is 45.5 Å². The normalized spacial score (nSPS) is 19.2. The molecule has 0 spiro atoms. The summed E-state index contributed by atoms with van der Waals surface area (Å²) in [5, 5.41) is 3.47. The largest absolute Gasteiger partial charge is 0.490 e. The van der Waals surface area contributed by atoms with Gasteiger partial charge >= 0.3 is 0 Å². The number of hydrogen-bond acceptors (Lipinski definition) is 4. The molecular formula is C16H26N2O2. The number of hydrogen-bond donors (Lipinski definition) is 1. The lowest BCUT2D eigenvalue weighted by Gasteiger charge is -2.19. The maximum Gasteiger partial charge on any atom is 0.161 e. The highest BCUT2D eigenvalue weighted by molar-refractivity contribution is 5.39. The summed E-state index contributed by atoms with van der Waals surface area (Å²) in [5.74, 6) is 1.65. The van der Waals surface area contributed by atoms with E-state index in [1.165, 1.54) is 19.4 Å². The molecule has 112 valence electrons. The lowest BCUT2D eigenvalue weighted by atomic mass is 10.2. The van der Waals surface area contributed by atoms with Gasteiger partial charge in [0.15, 0.2) is 11.5 Å². The lowest BCUT2D eigenvalue weighted by Crippen LogP contribution is -2.36. The third-order valence-corrected chi connectivity index (χ3v) is 3.74. The molecule has 0 saturated carbocycles. The molecule has 1 heterocycles. The van der Waals surface area contributed by atoms with Crippen LogP contribution in [0.3, 0.4) is 0 Å². The van der Waals surface area contributed by atoms with Gasteiger partial charge in [-0.3, -0.25) is 0 Å². The Hall–Kier alpha value is -1.26. The van der Waals surface area contributed by atoms with Gasteiger partial charge in [-0.1, -0.05) is 12.1 Å². The molecule has 0 aliphatic carbocycles. The van der Waals surface area contributed by atoms with Crippen LogP contribution in [0.25, 0.3) is 0 Å². The topological polar surface area (TPSA) is 33.7 Å². The molecule has 1 N–H and O–H groups in total. The summed E-state index contributed by atoms with van der Waals surface area (Å²) in [6.45, 7) is 6.45. The van der Waals surface area contributed by atoms with Crippen molar-refractivity contribution in [3.8, 4) is 11.5 Å². The molecule has 2 rings (SSSR count). The maximum atomic E-state index is 5.78. The molecule has 1 atom stereocenters.